The van der Waals surface area contributed by atoms with Crippen LogP contribution in [0, 0.1) is 0 Å². The molecule has 0 spiro atoms. The number of thioether (sulfide) groups is 1. The first-order valence-corrected chi connectivity index (χ1v) is 13.4. The fraction of sp³-hybridized carbons (Fsp3) is 0.346. The summed E-state index contributed by atoms with van der Waals surface area (Å²) in [6, 6.07) is 15.2. The van der Waals surface area contributed by atoms with E-state index in [0.29, 0.717) is 46.4 Å². The molecule has 1 amide bonds. The Morgan fingerprint density at radius 3 is 2.94 bits per heavy atom. The Morgan fingerprint density at radius 2 is 2.17 bits per heavy atom. The van der Waals surface area contributed by atoms with Crippen molar-refractivity contribution in [2.75, 3.05) is 19.0 Å². The molecule has 1 aliphatic rings. The van der Waals surface area contributed by atoms with E-state index >= 15 is 0 Å². The molecule has 4 aromatic rings. The lowest BCUT2D eigenvalue weighted by Gasteiger charge is -2.19. The number of thiophene rings is 1. The third kappa shape index (κ3) is 4.94. The third-order valence-corrected chi connectivity index (χ3v) is 8.61. The van der Waals surface area contributed by atoms with Gasteiger partial charge in [0.05, 0.1) is 30.5 Å². The number of nitrogens with zero attached hydrogens (tertiary/aromatic N) is 2. The number of carbonyl (C=O) groups excluding carboxylic acids is 1. The molecular formula is C26H27N3O4S2. The lowest BCUT2D eigenvalue weighted by Crippen LogP contribution is -2.30. The maximum absolute atomic E-state index is 13.7. The van der Waals surface area contributed by atoms with Gasteiger partial charge in [-0.2, -0.15) is 0 Å². The Labute approximate surface area is 211 Å². The first kappa shape index (κ1) is 23.8. The molecule has 5 rings (SSSR count). The van der Waals surface area contributed by atoms with Crippen LogP contribution in [0.5, 0.6) is 5.75 Å². The van der Waals surface area contributed by atoms with Crippen LogP contribution in [0.4, 0.5) is 5.69 Å². The van der Waals surface area contributed by atoms with Crippen LogP contribution >= 0.6 is 23.1 Å². The second-order valence-electron chi connectivity index (χ2n) is 8.46. The minimum Gasteiger partial charge on any atom is -0.497 e. The van der Waals surface area contributed by atoms with E-state index in [4.69, 9.17) is 14.5 Å². The maximum atomic E-state index is 13.7. The Morgan fingerprint density at radius 1 is 1.31 bits per heavy atom. The van der Waals surface area contributed by atoms with E-state index in [1.54, 1.807) is 17.7 Å². The van der Waals surface area contributed by atoms with E-state index in [-0.39, 0.29) is 17.6 Å². The second kappa shape index (κ2) is 10.4. The molecular weight excluding hydrogens is 482 g/mol. The number of anilines is 1. The number of carbonyl (C=O) groups is 1. The summed E-state index contributed by atoms with van der Waals surface area (Å²) in [4.78, 5) is 31.8. The highest BCUT2D eigenvalue weighted by atomic mass is 32.2. The van der Waals surface area contributed by atoms with Gasteiger partial charge < -0.3 is 14.8 Å². The number of nitrogens with one attached hydrogen (secondary N) is 1. The number of aromatic nitrogens is 2. The van der Waals surface area contributed by atoms with Gasteiger partial charge in [-0.15, -0.1) is 11.3 Å². The normalized spacial score (nSPS) is 16.6. The summed E-state index contributed by atoms with van der Waals surface area (Å²) in [5.74, 6) is 0.532. The zero-order valence-corrected chi connectivity index (χ0v) is 21.3. The molecule has 182 valence electrons. The van der Waals surface area contributed by atoms with Crippen molar-refractivity contribution in [3.63, 3.8) is 0 Å². The van der Waals surface area contributed by atoms with Crippen molar-refractivity contribution in [2.45, 2.75) is 49.2 Å². The number of benzene rings is 2. The van der Waals surface area contributed by atoms with Crippen molar-refractivity contribution in [2.24, 2.45) is 0 Å². The standard InChI is InChI=1S/C26H27N3O4S2/c1-3-20(24(30)27-16-8-6-9-17(14-16)32-2)35-26-28-22-19-11-4-5-12-21(19)34-23(22)25(31)29(26)15-18-10-7-13-33-18/h4-6,8-9,11-12,14,18,20H,3,7,10,13,15H2,1-2H3,(H,27,30)/t18-,20-/m1/s1. The lowest BCUT2D eigenvalue weighted by molar-refractivity contribution is -0.115. The largest absolute Gasteiger partial charge is 0.497 e. The second-order valence-corrected chi connectivity index (χ2v) is 10.7. The zero-order chi connectivity index (χ0) is 24.4. The maximum Gasteiger partial charge on any atom is 0.272 e. The van der Waals surface area contributed by atoms with Crippen LogP contribution in [0.3, 0.4) is 0 Å². The molecule has 2 atom stereocenters. The minimum absolute atomic E-state index is 0.0219. The molecule has 1 aliphatic heterocycles. The van der Waals surface area contributed by atoms with Gasteiger partial charge in [0.25, 0.3) is 5.56 Å². The highest BCUT2D eigenvalue weighted by molar-refractivity contribution is 8.00. The minimum atomic E-state index is -0.425. The van der Waals surface area contributed by atoms with Crippen LogP contribution in [-0.2, 0) is 16.1 Å². The highest BCUT2D eigenvalue weighted by Gasteiger charge is 2.26. The van der Waals surface area contributed by atoms with E-state index in [1.165, 1.54) is 23.1 Å². The molecule has 0 unspecified atom stereocenters. The predicted molar refractivity (Wildman–Crippen MR) is 142 cm³/mol. The van der Waals surface area contributed by atoms with Crippen LogP contribution in [0.2, 0.25) is 0 Å². The van der Waals surface area contributed by atoms with Crippen molar-refractivity contribution in [1.82, 2.24) is 9.55 Å². The summed E-state index contributed by atoms with van der Waals surface area (Å²) >= 11 is 2.80. The van der Waals surface area contributed by atoms with Gasteiger partial charge >= 0.3 is 0 Å². The van der Waals surface area contributed by atoms with E-state index in [9.17, 15) is 9.59 Å². The van der Waals surface area contributed by atoms with E-state index in [0.717, 1.165) is 22.9 Å². The van der Waals surface area contributed by atoms with Crippen LogP contribution in [-0.4, -0.2) is 40.5 Å². The van der Waals surface area contributed by atoms with E-state index in [1.807, 2.05) is 49.4 Å². The van der Waals surface area contributed by atoms with Crippen LogP contribution in [0.15, 0.2) is 58.5 Å². The molecule has 0 saturated carbocycles. The fourth-order valence-electron chi connectivity index (χ4n) is 4.27. The van der Waals surface area contributed by atoms with Gasteiger partial charge in [0.1, 0.15) is 10.4 Å². The first-order chi connectivity index (χ1) is 17.1. The molecule has 35 heavy (non-hydrogen) atoms. The number of hydrogen-bond donors (Lipinski definition) is 1. The summed E-state index contributed by atoms with van der Waals surface area (Å²) in [5, 5.41) is 4.07. The number of hydrogen-bond acceptors (Lipinski definition) is 7. The SMILES string of the molecule is CC[C@@H](Sc1nc2c(sc3ccccc32)c(=O)n1C[C@H]1CCCO1)C(=O)Nc1cccc(OC)c1. The fourth-order valence-corrected chi connectivity index (χ4v) is 6.38. The quantitative estimate of drug-likeness (QED) is 0.256. The van der Waals surface area contributed by atoms with Crippen molar-refractivity contribution in [1.29, 1.82) is 0 Å². The van der Waals surface area contributed by atoms with Gasteiger partial charge in [-0.1, -0.05) is 43.0 Å². The van der Waals surface area contributed by atoms with Gasteiger partial charge in [0.2, 0.25) is 5.91 Å². The Kier molecular flexibility index (Phi) is 7.08. The number of rotatable bonds is 8. The highest BCUT2D eigenvalue weighted by Crippen LogP contribution is 2.34. The number of amides is 1. The summed E-state index contributed by atoms with van der Waals surface area (Å²) in [6.45, 7) is 3.11. The molecule has 3 heterocycles. The molecule has 9 heteroatoms. The van der Waals surface area contributed by atoms with Crippen molar-refractivity contribution < 1.29 is 14.3 Å². The molecule has 0 radical (unpaired) electrons. The molecule has 0 aliphatic carbocycles. The predicted octanol–water partition coefficient (Wildman–Crippen LogP) is 5.31. The van der Waals surface area contributed by atoms with Gasteiger partial charge in [0, 0.05) is 28.4 Å². The summed E-state index contributed by atoms with van der Waals surface area (Å²) < 4.78 is 14.5. The van der Waals surface area contributed by atoms with E-state index in [2.05, 4.69) is 5.32 Å². The Balaban J connectivity index is 1.51. The molecule has 0 bridgehead atoms. The number of methoxy groups -OCH3 is 1. The Hall–Kier alpha value is -2.88. The first-order valence-electron chi connectivity index (χ1n) is 11.7. The molecule has 1 fully saturated rings. The van der Waals surface area contributed by atoms with Gasteiger partial charge in [-0.3, -0.25) is 14.2 Å². The number of fused-ring (bicyclic) bond motifs is 3. The average molecular weight is 510 g/mol. The molecule has 2 aromatic carbocycles. The zero-order valence-electron chi connectivity index (χ0n) is 19.7. The lowest BCUT2D eigenvalue weighted by atomic mass is 10.2. The van der Waals surface area contributed by atoms with Crippen molar-refractivity contribution in [3.05, 3.63) is 58.9 Å². The summed E-state index contributed by atoms with van der Waals surface area (Å²) in [5.41, 5.74) is 1.29. The van der Waals surface area contributed by atoms with Gasteiger partial charge in [0.15, 0.2) is 5.16 Å². The van der Waals surface area contributed by atoms with Crippen molar-refractivity contribution >= 4 is 55.0 Å². The Bertz CT molecular complexity index is 1430. The van der Waals surface area contributed by atoms with Crippen molar-refractivity contribution in [3.8, 4) is 5.75 Å². The van der Waals surface area contributed by atoms with E-state index < -0.39 is 5.25 Å². The van der Waals surface area contributed by atoms with Gasteiger partial charge in [-0.05, 0) is 37.5 Å². The van der Waals surface area contributed by atoms with Crippen LogP contribution in [0.25, 0.3) is 20.3 Å². The molecule has 7 nitrogen and oxygen atoms in total. The molecule has 2 aromatic heterocycles. The van der Waals surface area contributed by atoms with Crippen LogP contribution < -0.4 is 15.6 Å². The van der Waals surface area contributed by atoms with Gasteiger partial charge in [-0.25, -0.2) is 4.98 Å². The average Bonchev–Trinajstić information content (AvgIpc) is 3.52. The summed E-state index contributed by atoms with van der Waals surface area (Å²) in [7, 11) is 1.59. The third-order valence-electron chi connectivity index (χ3n) is 6.11. The molecule has 1 saturated heterocycles. The topological polar surface area (TPSA) is 82.5 Å². The van der Waals surface area contributed by atoms with Crippen LogP contribution in [0.1, 0.15) is 26.2 Å². The monoisotopic (exact) mass is 509 g/mol. The smallest absolute Gasteiger partial charge is 0.272 e. The molecule has 1 N–H and O–H groups in total. The number of ether oxygens (including phenoxy) is 2. The summed E-state index contributed by atoms with van der Waals surface area (Å²) in [6.07, 6.45) is 2.46.